The molecule has 0 saturated heterocycles. The zero-order chi connectivity index (χ0) is 29.1. The molecule has 3 rings (SSSR count). The molecule has 1 heterocycles. The number of esters is 1. The number of amides is 2. The fourth-order valence-electron chi connectivity index (χ4n) is 3.99. The van der Waals surface area contributed by atoms with Crippen LogP contribution in [0.5, 0.6) is 0 Å². The summed E-state index contributed by atoms with van der Waals surface area (Å²) < 4.78 is 158. The predicted octanol–water partition coefficient (Wildman–Crippen LogP) is 4.01. The number of carbonyl (C=O) groups excluding carboxylic acids is 3. The van der Waals surface area contributed by atoms with E-state index in [0.717, 1.165) is 0 Å². The number of carbonyl (C=O) groups is 3. The molecule has 0 radical (unpaired) electrons. The van der Waals surface area contributed by atoms with Crippen molar-refractivity contribution in [3.8, 4) is 0 Å². The minimum atomic E-state index is -6.81. The number of anilines is 1. The molecule has 38 heavy (non-hydrogen) atoms. The van der Waals surface area contributed by atoms with Crippen molar-refractivity contribution in [2.24, 2.45) is 0 Å². The third kappa shape index (κ3) is 5.23. The number of nitrogens with zero attached hydrogens (tertiary/aromatic N) is 1. The van der Waals surface area contributed by atoms with E-state index in [1.807, 2.05) is 0 Å². The van der Waals surface area contributed by atoms with Gasteiger partial charge in [-0.25, -0.2) is 18.1 Å². The molecule has 1 aromatic rings. The first kappa shape index (κ1) is 29.4. The Morgan fingerprint density at radius 3 is 1.76 bits per heavy atom. The van der Waals surface area contributed by atoms with Crippen LogP contribution in [-0.2, 0) is 30.6 Å². The number of halogens is 9. The van der Waals surface area contributed by atoms with E-state index >= 15 is 0 Å². The van der Waals surface area contributed by atoms with E-state index in [-0.39, 0.29) is 36.1 Å². The number of ether oxygens (including phenoxy) is 1. The van der Waals surface area contributed by atoms with E-state index in [1.54, 1.807) is 0 Å². The normalized spacial score (nSPS) is 17.7. The van der Waals surface area contributed by atoms with Gasteiger partial charge >= 0.3 is 30.1 Å². The average Bonchev–Trinajstić information content (AvgIpc) is 3.00. The second kappa shape index (κ2) is 9.25. The molecule has 0 spiro atoms. The molecule has 0 unspecified atom stereocenters. The molecule has 2 amide bonds. The number of hydrogen-bond donors (Lipinski definition) is 0. The van der Waals surface area contributed by atoms with Gasteiger partial charge in [-0.15, -0.1) is 0 Å². The molecule has 18 heteroatoms. The van der Waals surface area contributed by atoms with Crippen LogP contribution in [0.4, 0.5) is 45.2 Å². The molecule has 1 aliphatic carbocycles. The number of imide groups is 1. The van der Waals surface area contributed by atoms with Crippen molar-refractivity contribution in [1.82, 2.24) is 0 Å². The zero-order valence-corrected chi connectivity index (χ0v) is 19.2. The highest BCUT2D eigenvalue weighted by molar-refractivity contribution is 7.85. The van der Waals surface area contributed by atoms with Crippen LogP contribution in [0.1, 0.15) is 41.6 Å². The zero-order valence-electron chi connectivity index (χ0n) is 18.4. The van der Waals surface area contributed by atoms with E-state index in [4.69, 9.17) is 0 Å². The Morgan fingerprint density at radius 1 is 0.895 bits per heavy atom. The van der Waals surface area contributed by atoms with E-state index < -0.39 is 74.6 Å². The molecule has 2 aliphatic rings. The van der Waals surface area contributed by atoms with Gasteiger partial charge in [-0.2, -0.15) is 39.5 Å². The summed E-state index contributed by atoms with van der Waals surface area (Å²) in [6.45, 7) is 0. The van der Waals surface area contributed by atoms with E-state index in [9.17, 15) is 66.9 Å². The van der Waals surface area contributed by atoms with Crippen LogP contribution in [0.2, 0.25) is 0 Å². The van der Waals surface area contributed by atoms with Gasteiger partial charge in [-0.1, -0.05) is 0 Å². The smallest absolute Gasteiger partial charge is 0.438 e. The second-order valence-corrected chi connectivity index (χ2v) is 9.66. The van der Waals surface area contributed by atoms with Gasteiger partial charge in [0.15, 0.2) is 0 Å². The largest absolute Gasteiger partial charge is 0.748 e. The summed E-state index contributed by atoms with van der Waals surface area (Å²) in [7, 11) is -6.43. The summed E-state index contributed by atoms with van der Waals surface area (Å²) in [6, 6.07) is 0.507. The molecule has 0 fully saturated rings. The van der Waals surface area contributed by atoms with Gasteiger partial charge < -0.3 is 9.29 Å². The van der Waals surface area contributed by atoms with Crippen molar-refractivity contribution in [2.45, 2.75) is 49.8 Å². The van der Waals surface area contributed by atoms with Crippen LogP contribution in [0.25, 0.3) is 0 Å². The highest BCUT2D eigenvalue weighted by atomic mass is 32.2. The Morgan fingerprint density at radius 2 is 1.37 bits per heavy atom. The highest BCUT2D eigenvalue weighted by Crippen LogP contribution is 2.48. The molecular weight excluding hydrogens is 569 g/mol. The Hall–Kier alpha value is -3.15. The lowest BCUT2D eigenvalue weighted by Gasteiger charge is -2.37. The molecule has 1 aliphatic heterocycles. The van der Waals surface area contributed by atoms with Crippen molar-refractivity contribution in [1.29, 1.82) is 0 Å². The number of rotatable bonds is 5. The quantitative estimate of drug-likeness (QED) is 0.223. The lowest BCUT2D eigenvalue weighted by molar-refractivity contribution is -0.356. The monoisotopic (exact) mass is 582 g/mol. The van der Waals surface area contributed by atoms with Crippen LogP contribution in [0.3, 0.4) is 0 Å². The summed E-state index contributed by atoms with van der Waals surface area (Å²) in [6.07, 6.45) is -18.0. The van der Waals surface area contributed by atoms with Crippen LogP contribution >= 0.6 is 0 Å². The topological polar surface area (TPSA) is 121 Å². The lowest BCUT2D eigenvalue weighted by atomic mass is 9.93. The maximum absolute atomic E-state index is 13.7. The molecule has 210 valence electrons. The minimum Gasteiger partial charge on any atom is -0.748 e. The summed E-state index contributed by atoms with van der Waals surface area (Å²) >= 11 is 0. The maximum Gasteiger partial charge on any atom is 0.438 e. The van der Waals surface area contributed by atoms with E-state index in [2.05, 4.69) is 4.74 Å². The van der Waals surface area contributed by atoms with Crippen molar-refractivity contribution in [3.63, 3.8) is 0 Å². The summed E-state index contributed by atoms with van der Waals surface area (Å²) in [5.74, 6) is -8.31. The van der Waals surface area contributed by atoms with Gasteiger partial charge in [-0.3, -0.25) is 9.59 Å². The third-order valence-corrected chi connectivity index (χ3v) is 6.50. The van der Waals surface area contributed by atoms with Gasteiger partial charge in [0.2, 0.25) is 0 Å². The Bertz CT molecular complexity index is 1290. The molecule has 0 aromatic heterocycles. The average molecular weight is 582 g/mol. The van der Waals surface area contributed by atoms with Gasteiger partial charge in [0.25, 0.3) is 11.8 Å². The maximum atomic E-state index is 13.7. The Labute approximate surface area is 206 Å². The number of alkyl halides is 9. The van der Waals surface area contributed by atoms with Crippen molar-refractivity contribution >= 4 is 33.6 Å². The van der Waals surface area contributed by atoms with Crippen molar-refractivity contribution in [2.75, 3.05) is 10.7 Å². The van der Waals surface area contributed by atoms with Crippen molar-refractivity contribution < 1.29 is 71.6 Å². The van der Waals surface area contributed by atoms with Crippen LogP contribution in [0.15, 0.2) is 29.3 Å². The first-order valence-electron chi connectivity index (χ1n) is 10.2. The van der Waals surface area contributed by atoms with E-state index in [1.165, 1.54) is 0 Å². The van der Waals surface area contributed by atoms with E-state index in [0.29, 0.717) is 23.8 Å². The molecule has 0 N–H and O–H groups in total. The SMILES string of the molecule is O=C(OC(CS(=O)(=O)[O-])(C(F)(F)F)C(F)(F)F)c1ccc(N2C(=O)C3=C(CCCC3)C2=O)cc1C(F)(F)F. The van der Waals surface area contributed by atoms with Gasteiger partial charge in [0, 0.05) is 11.1 Å². The highest BCUT2D eigenvalue weighted by Gasteiger charge is 2.75. The fourth-order valence-corrected chi connectivity index (χ4v) is 4.87. The van der Waals surface area contributed by atoms with Crippen LogP contribution in [0, 0.1) is 0 Å². The molecule has 0 saturated carbocycles. The second-order valence-electron chi connectivity index (χ2n) is 8.25. The predicted molar refractivity (Wildman–Crippen MR) is 104 cm³/mol. The van der Waals surface area contributed by atoms with Gasteiger partial charge in [0.1, 0.15) is 0 Å². The lowest BCUT2D eigenvalue weighted by Crippen LogP contribution is -2.63. The standard InChI is InChI=1S/C20H14F9NO7S/c21-18(22,23)13-7-9(30-14(31)10-3-1-2-4-11(10)15(30)32)5-6-12(13)16(33)37-17(19(24,25)26,20(27,28)29)8-38(34,35)36/h5-7H,1-4,8H2,(H,34,35,36)/p-1. The van der Waals surface area contributed by atoms with Crippen LogP contribution < -0.4 is 4.90 Å². The molecule has 8 nitrogen and oxygen atoms in total. The van der Waals surface area contributed by atoms with Gasteiger partial charge in [-0.05, 0) is 43.9 Å². The third-order valence-electron chi connectivity index (χ3n) is 5.74. The molecule has 0 bridgehead atoms. The first-order valence-corrected chi connectivity index (χ1v) is 11.8. The molecule has 1 aromatic carbocycles. The van der Waals surface area contributed by atoms with Gasteiger partial charge in [0.05, 0.1) is 32.7 Å². The number of benzene rings is 1. The molecular formula is C20H13F9NO7S-. The summed E-state index contributed by atoms with van der Waals surface area (Å²) in [4.78, 5) is 37.8. The fraction of sp³-hybridized carbons (Fsp3) is 0.450. The number of hydrogen-bond acceptors (Lipinski definition) is 7. The van der Waals surface area contributed by atoms with Crippen molar-refractivity contribution in [3.05, 3.63) is 40.5 Å². The Kier molecular flexibility index (Phi) is 7.16. The van der Waals surface area contributed by atoms with Crippen LogP contribution in [-0.4, -0.2) is 54.5 Å². The first-order chi connectivity index (χ1) is 17.1. The minimum absolute atomic E-state index is 0.0297. The summed E-state index contributed by atoms with van der Waals surface area (Å²) in [5.41, 5.74) is -10.9. The Balaban J connectivity index is 2.11. The molecule has 0 atom stereocenters. The summed E-state index contributed by atoms with van der Waals surface area (Å²) in [5, 5.41) is 0.